The van der Waals surface area contributed by atoms with Crippen LogP contribution in [0.1, 0.15) is 25.0 Å². The van der Waals surface area contributed by atoms with Crippen molar-refractivity contribution in [2.24, 2.45) is 0 Å². The minimum absolute atomic E-state index is 0.214. The smallest absolute Gasteiger partial charge is 0.233 e. The molecule has 3 rings (SSSR count). The Balaban J connectivity index is 1.60. The minimum Gasteiger partial charge on any atom is -0.354 e. The van der Waals surface area contributed by atoms with Crippen LogP contribution in [-0.4, -0.2) is 77.7 Å². The van der Waals surface area contributed by atoms with Gasteiger partial charge in [-0.25, -0.2) is 9.97 Å². The Labute approximate surface area is 148 Å². The van der Waals surface area contributed by atoms with Crippen molar-refractivity contribution in [3.8, 4) is 0 Å². The summed E-state index contributed by atoms with van der Waals surface area (Å²) in [7, 11) is 2.15. The maximum Gasteiger partial charge on any atom is 0.233 e. The van der Waals surface area contributed by atoms with Crippen LogP contribution in [0, 0.1) is 6.92 Å². The van der Waals surface area contributed by atoms with Gasteiger partial charge in [-0.15, -0.1) is 0 Å². The van der Waals surface area contributed by atoms with Crippen molar-refractivity contribution in [2.45, 2.75) is 31.3 Å². The van der Waals surface area contributed by atoms with E-state index in [9.17, 15) is 4.79 Å². The molecule has 0 aromatic carbocycles. The third kappa shape index (κ3) is 4.60. The van der Waals surface area contributed by atoms with Crippen LogP contribution in [0.5, 0.6) is 0 Å². The quantitative estimate of drug-likeness (QED) is 0.608. The third-order valence-electron chi connectivity index (χ3n) is 4.68. The molecule has 7 heteroatoms. The number of hydrogen-bond donors (Lipinski definition) is 0. The van der Waals surface area contributed by atoms with Crippen molar-refractivity contribution in [1.82, 2.24) is 19.8 Å². The summed E-state index contributed by atoms with van der Waals surface area (Å²) in [5, 5.41) is 0.717. The van der Waals surface area contributed by atoms with Crippen molar-refractivity contribution >= 4 is 23.5 Å². The number of thioether (sulfide) groups is 1. The Morgan fingerprint density at radius 3 is 2.50 bits per heavy atom. The van der Waals surface area contributed by atoms with Gasteiger partial charge in [-0.3, -0.25) is 4.79 Å². The van der Waals surface area contributed by atoms with Crippen molar-refractivity contribution in [3.63, 3.8) is 0 Å². The van der Waals surface area contributed by atoms with Crippen LogP contribution in [0.25, 0.3) is 0 Å². The molecule has 0 aliphatic carbocycles. The molecule has 0 radical (unpaired) electrons. The molecule has 1 aromatic rings. The number of carbonyl (C=O) groups excluding carboxylic acids is 1. The van der Waals surface area contributed by atoms with E-state index < -0.39 is 0 Å². The standard InChI is InChI=1S/C17H27N5OS/c1-14-12-15(21-10-8-20(2)9-11-21)19-17(18-14)24-13-16(23)22-6-4-3-5-7-22/h12H,3-11,13H2,1-2H3. The molecule has 24 heavy (non-hydrogen) atoms. The molecule has 1 aromatic heterocycles. The molecular weight excluding hydrogens is 322 g/mol. The molecule has 2 aliphatic rings. The van der Waals surface area contributed by atoms with E-state index in [0.717, 1.165) is 63.6 Å². The lowest BCUT2D eigenvalue weighted by atomic mass is 10.1. The zero-order valence-electron chi connectivity index (χ0n) is 14.7. The summed E-state index contributed by atoms with van der Waals surface area (Å²) in [6.07, 6.45) is 3.50. The van der Waals surface area contributed by atoms with Crippen molar-refractivity contribution < 1.29 is 4.79 Å². The predicted molar refractivity (Wildman–Crippen MR) is 97.6 cm³/mol. The molecule has 0 N–H and O–H groups in total. The van der Waals surface area contributed by atoms with Crippen molar-refractivity contribution in [1.29, 1.82) is 0 Å². The number of likely N-dealkylation sites (N-methyl/N-ethyl adjacent to an activating group) is 1. The number of rotatable bonds is 4. The van der Waals surface area contributed by atoms with Gasteiger partial charge in [-0.1, -0.05) is 11.8 Å². The van der Waals surface area contributed by atoms with Crippen LogP contribution in [0.2, 0.25) is 0 Å². The molecule has 2 fully saturated rings. The summed E-state index contributed by atoms with van der Waals surface area (Å²) in [4.78, 5) is 28.1. The third-order valence-corrected chi connectivity index (χ3v) is 5.51. The first kappa shape index (κ1) is 17.5. The monoisotopic (exact) mass is 349 g/mol. The highest BCUT2D eigenvalue weighted by atomic mass is 32.2. The lowest BCUT2D eigenvalue weighted by Crippen LogP contribution is -2.44. The molecule has 2 aliphatic heterocycles. The molecular formula is C17H27N5OS. The highest BCUT2D eigenvalue weighted by Gasteiger charge is 2.19. The highest BCUT2D eigenvalue weighted by molar-refractivity contribution is 7.99. The SMILES string of the molecule is Cc1cc(N2CCN(C)CC2)nc(SCC(=O)N2CCCCC2)n1. The molecule has 3 heterocycles. The van der Waals surface area contributed by atoms with E-state index in [2.05, 4.69) is 26.8 Å². The van der Waals surface area contributed by atoms with Crippen molar-refractivity contribution in [2.75, 3.05) is 57.0 Å². The van der Waals surface area contributed by atoms with Gasteiger partial charge in [0.05, 0.1) is 5.75 Å². The van der Waals surface area contributed by atoms with Gasteiger partial charge in [-0.05, 0) is 33.2 Å². The van der Waals surface area contributed by atoms with E-state index in [1.807, 2.05) is 17.9 Å². The normalized spacial score (nSPS) is 19.6. The predicted octanol–water partition coefficient (Wildman–Crippen LogP) is 1.64. The maximum atomic E-state index is 12.3. The fourth-order valence-electron chi connectivity index (χ4n) is 3.15. The summed E-state index contributed by atoms with van der Waals surface area (Å²) < 4.78 is 0. The number of aryl methyl sites for hydroxylation is 1. The average molecular weight is 350 g/mol. The Morgan fingerprint density at radius 2 is 1.79 bits per heavy atom. The average Bonchev–Trinajstić information content (AvgIpc) is 2.60. The molecule has 132 valence electrons. The van der Waals surface area contributed by atoms with Crippen LogP contribution in [0.15, 0.2) is 11.2 Å². The molecule has 0 unspecified atom stereocenters. The molecule has 2 saturated heterocycles. The van der Waals surface area contributed by atoms with Crippen molar-refractivity contribution in [3.05, 3.63) is 11.8 Å². The van der Waals surface area contributed by atoms with Gasteiger partial charge >= 0.3 is 0 Å². The first-order chi connectivity index (χ1) is 11.6. The Hall–Kier alpha value is -1.34. The molecule has 0 bridgehead atoms. The molecule has 1 amide bonds. The van der Waals surface area contributed by atoms with Crippen LogP contribution in [0.4, 0.5) is 5.82 Å². The number of likely N-dealkylation sites (tertiary alicyclic amines) is 1. The molecule has 0 saturated carbocycles. The zero-order valence-corrected chi connectivity index (χ0v) is 15.5. The van der Waals surface area contributed by atoms with Crippen LogP contribution in [0.3, 0.4) is 0 Å². The first-order valence-electron chi connectivity index (χ1n) is 8.81. The van der Waals surface area contributed by atoms with E-state index >= 15 is 0 Å². The van der Waals surface area contributed by atoms with E-state index in [1.165, 1.54) is 18.2 Å². The fraction of sp³-hybridized carbons (Fsp3) is 0.706. The van der Waals surface area contributed by atoms with Gasteiger partial charge in [0, 0.05) is 51.0 Å². The lowest BCUT2D eigenvalue weighted by Gasteiger charge is -2.33. The Kier molecular flexibility index (Phi) is 5.94. The van der Waals surface area contributed by atoms with Crippen LogP contribution < -0.4 is 4.90 Å². The van der Waals surface area contributed by atoms with E-state index in [-0.39, 0.29) is 5.91 Å². The zero-order chi connectivity index (χ0) is 16.9. The van der Waals surface area contributed by atoms with Gasteiger partial charge < -0.3 is 14.7 Å². The number of piperazine rings is 1. The maximum absolute atomic E-state index is 12.3. The Morgan fingerprint density at radius 1 is 1.08 bits per heavy atom. The number of piperidine rings is 1. The first-order valence-corrected chi connectivity index (χ1v) is 9.80. The topological polar surface area (TPSA) is 52.6 Å². The number of amides is 1. The van der Waals surface area contributed by atoms with Crippen LogP contribution in [-0.2, 0) is 4.79 Å². The molecule has 6 nitrogen and oxygen atoms in total. The van der Waals surface area contributed by atoms with Gasteiger partial charge in [0.15, 0.2) is 5.16 Å². The summed E-state index contributed by atoms with van der Waals surface area (Å²) >= 11 is 1.46. The van der Waals surface area contributed by atoms with Gasteiger partial charge in [0.25, 0.3) is 0 Å². The highest BCUT2D eigenvalue weighted by Crippen LogP contribution is 2.21. The largest absolute Gasteiger partial charge is 0.354 e. The van der Waals surface area contributed by atoms with E-state index in [0.29, 0.717) is 10.9 Å². The number of aromatic nitrogens is 2. The summed E-state index contributed by atoms with van der Waals surface area (Å²) in [5.41, 5.74) is 0.965. The second-order valence-electron chi connectivity index (χ2n) is 6.67. The minimum atomic E-state index is 0.214. The number of carbonyl (C=O) groups is 1. The Bertz CT molecular complexity index is 568. The summed E-state index contributed by atoms with van der Waals surface area (Å²) in [6, 6.07) is 2.04. The number of hydrogen-bond acceptors (Lipinski definition) is 6. The fourth-order valence-corrected chi connectivity index (χ4v) is 3.95. The molecule has 0 atom stereocenters. The lowest BCUT2D eigenvalue weighted by molar-refractivity contribution is -0.129. The van der Waals surface area contributed by atoms with Gasteiger partial charge in [-0.2, -0.15) is 0 Å². The number of nitrogens with zero attached hydrogens (tertiary/aromatic N) is 5. The van der Waals surface area contributed by atoms with E-state index in [1.54, 1.807) is 0 Å². The summed E-state index contributed by atoms with van der Waals surface area (Å²) in [6.45, 7) is 7.89. The number of anilines is 1. The van der Waals surface area contributed by atoms with Crippen LogP contribution >= 0.6 is 11.8 Å². The van der Waals surface area contributed by atoms with E-state index in [4.69, 9.17) is 0 Å². The summed E-state index contributed by atoms with van der Waals surface area (Å²) in [5.74, 6) is 1.64. The van der Waals surface area contributed by atoms with Gasteiger partial charge in [0.2, 0.25) is 5.91 Å². The second kappa shape index (κ2) is 8.16. The molecule has 0 spiro atoms. The van der Waals surface area contributed by atoms with Gasteiger partial charge in [0.1, 0.15) is 5.82 Å². The second-order valence-corrected chi connectivity index (χ2v) is 7.61.